The highest BCUT2D eigenvalue weighted by atomic mass is 32.2. The van der Waals surface area contributed by atoms with Crippen LogP contribution in [0.3, 0.4) is 0 Å². The molecule has 0 radical (unpaired) electrons. The summed E-state index contributed by atoms with van der Waals surface area (Å²) >= 11 is 0. The summed E-state index contributed by atoms with van der Waals surface area (Å²) < 4.78 is 136. The molecular formula is C43H54N3O17S4+. The number of hydrogen-bond acceptors (Lipinski definition) is 14. The zero-order valence-electron chi connectivity index (χ0n) is 36.7. The molecule has 0 aromatic heterocycles. The lowest BCUT2D eigenvalue weighted by Gasteiger charge is -2.30. The van der Waals surface area contributed by atoms with Crippen molar-refractivity contribution in [3.8, 4) is 0 Å². The zero-order chi connectivity index (χ0) is 49.6. The fourth-order valence-electron chi connectivity index (χ4n) is 8.72. The van der Waals surface area contributed by atoms with Crippen LogP contribution in [0.25, 0.3) is 0 Å². The fourth-order valence-corrected chi connectivity index (χ4v) is 10.7. The molecule has 0 aliphatic carbocycles. The molecule has 3 aliphatic heterocycles. The van der Waals surface area contributed by atoms with E-state index >= 15 is 0 Å². The Morgan fingerprint density at radius 1 is 0.716 bits per heavy atom. The number of fused-ring (bicyclic) bond motifs is 2. The van der Waals surface area contributed by atoms with Gasteiger partial charge in [0.05, 0.1) is 33.3 Å². The summed E-state index contributed by atoms with van der Waals surface area (Å²) in [5.41, 5.74) is 1.06. The molecule has 3 aliphatic rings. The Labute approximate surface area is 390 Å². The Morgan fingerprint density at radius 2 is 1.27 bits per heavy atom. The van der Waals surface area contributed by atoms with Gasteiger partial charge in [0, 0.05) is 66.7 Å². The lowest BCUT2D eigenvalue weighted by molar-refractivity contribution is -0.438. The van der Waals surface area contributed by atoms with E-state index in [1.807, 2.05) is 4.58 Å². The van der Waals surface area contributed by atoms with Gasteiger partial charge >= 0.3 is 5.97 Å². The van der Waals surface area contributed by atoms with Crippen LogP contribution in [0.4, 0.5) is 11.4 Å². The maximum absolute atomic E-state index is 12.4. The van der Waals surface area contributed by atoms with Crippen molar-refractivity contribution in [1.29, 1.82) is 0 Å². The van der Waals surface area contributed by atoms with Crippen molar-refractivity contribution in [2.45, 2.75) is 98.7 Å². The average Bonchev–Trinajstić information content (AvgIpc) is 3.74. The van der Waals surface area contributed by atoms with E-state index in [9.17, 15) is 71.4 Å². The topological polar surface area (TPSA) is 308 Å². The summed E-state index contributed by atoms with van der Waals surface area (Å²) in [4.78, 5) is 42.0. The van der Waals surface area contributed by atoms with Crippen molar-refractivity contribution in [1.82, 2.24) is 5.06 Å². The molecule has 2 atom stereocenters. The monoisotopic (exact) mass is 1010 g/mol. The molecule has 3 heterocycles. The normalized spacial score (nSPS) is 21.0. The first-order chi connectivity index (χ1) is 31.2. The van der Waals surface area contributed by atoms with Gasteiger partial charge in [-0.1, -0.05) is 30.4 Å². The molecule has 5 N–H and O–H groups in total. The molecule has 1 fully saturated rings. The van der Waals surface area contributed by atoms with E-state index in [-0.39, 0.29) is 67.9 Å². The van der Waals surface area contributed by atoms with Crippen molar-refractivity contribution < 1.29 is 80.8 Å². The molecule has 0 saturated carbocycles. The number of carbonyl (C=O) groups is 3. The summed E-state index contributed by atoms with van der Waals surface area (Å²) in [5.74, 6) is -3.09. The van der Waals surface area contributed by atoms with Crippen molar-refractivity contribution in [2.75, 3.05) is 36.1 Å². The number of anilines is 1. The van der Waals surface area contributed by atoms with E-state index in [2.05, 4.69) is 0 Å². The van der Waals surface area contributed by atoms with Crippen LogP contribution in [0.1, 0.15) is 89.2 Å². The van der Waals surface area contributed by atoms with Gasteiger partial charge in [0.25, 0.3) is 52.3 Å². The quantitative estimate of drug-likeness (QED) is 0.0339. The number of nitrogens with zero attached hydrogens (tertiary/aromatic N) is 3. The lowest BCUT2D eigenvalue weighted by Crippen LogP contribution is -2.32. The van der Waals surface area contributed by atoms with E-state index in [4.69, 9.17) is 4.84 Å². The first-order valence-corrected chi connectivity index (χ1v) is 27.3. The Kier molecular flexibility index (Phi) is 16.7. The fraction of sp³-hybridized carbons (Fsp3) is 0.442. The van der Waals surface area contributed by atoms with Crippen LogP contribution in [0.15, 0.2) is 94.4 Å². The van der Waals surface area contributed by atoms with E-state index in [1.165, 1.54) is 36.4 Å². The third kappa shape index (κ3) is 13.2. The number of rotatable bonds is 23. The first kappa shape index (κ1) is 53.0. The van der Waals surface area contributed by atoms with Crippen molar-refractivity contribution >= 4 is 75.3 Å². The number of benzene rings is 2. The molecule has 2 aromatic carbocycles. The van der Waals surface area contributed by atoms with Crippen LogP contribution < -0.4 is 4.90 Å². The molecule has 0 spiro atoms. The largest absolute Gasteiger partial charge is 0.395 e. The second-order valence-corrected chi connectivity index (χ2v) is 22.7. The molecule has 2 aromatic rings. The van der Waals surface area contributed by atoms with Crippen LogP contribution in [-0.2, 0) is 70.5 Å². The summed E-state index contributed by atoms with van der Waals surface area (Å²) in [7, 11) is -18.0. The average molecular weight is 1010 g/mol. The Morgan fingerprint density at radius 3 is 1.85 bits per heavy atom. The van der Waals surface area contributed by atoms with E-state index < -0.39 is 80.6 Å². The van der Waals surface area contributed by atoms with Gasteiger partial charge in [-0.05, 0) is 94.3 Å². The zero-order valence-corrected chi connectivity index (χ0v) is 40.0. The number of imide groups is 1. The van der Waals surface area contributed by atoms with Crippen LogP contribution in [0, 0.1) is 0 Å². The predicted molar refractivity (Wildman–Crippen MR) is 244 cm³/mol. The van der Waals surface area contributed by atoms with Gasteiger partial charge in [0.2, 0.25) is 5.69 Å². The molecule has 24 heteroatoms. The molecule has 2 unspecified atom stereocenters. The van der Waals surface area contributed by atoms with Crippen molar-refractivity contribution in [3.63, 3.8) is 0 Å². The van der Waals surface area contributed by atoms with Gasteiger partial charge in [-0.15, -0.1) is 5.06 Å². The van der Waals surface area contributed by atoms with Gasteiger partial charge in [-0.25, -0.2) is 4.79 Å². The molecule has 67 heavy (non-hydrogen) atoms. The number of unbranched alkanes of at least 4 members (excludes halogenated alkanes) is 2. The molecular weight excluding hydrogens is 959 g/mol. The number of amides is 2. The predicted octanol–water partition coefficient (Wildman–Crippen LogP) is 4.36. The van der Waals surface area contributed by atoms with Crippen LogP contribution >= 0.6 is 0 Å². The highest BCUT2D eigenvalue weighted by molar-refractivity contribution is 7.86. The number of aliphatic hydroxyl groups excluding tert-OH is 1. The molecule has 20 nitrogen and oxygen atoms in total. The maximum Gasteiger partial charge on any atom is 0.333 e. The molecule has 0 bridgehead atoms. The van der Waals surface area contributed by atoms with Crippen molar-refractivity contribution in [3.05, 3.63) is 95.8 Å². The van der Waals surface area contributed by atoms with Gasteiger partial charge in [-0.3, -0.25) is 27.8 Å². The minimum absolute atomic E-state index is 0.0188. The Hall–Kier alpha value is -4.92. The molecule has 1 saturated heterocycles. The highest BCUT2D eigenvalue weighted by Gasteiger charge is 2.48. The molecule has 2 amide bonds. The summed E-state index contributed by atoms with van der Waals surface area (Å²) in [6, 6.07) is 8.06. The second kappa shape index (κ2) is 21.2. The lowest BCUT2D eigenvalue weighted by atomic mass is 9.76. The van der Waals surface area contributed by atoms with E-state index in [0.717, 1.165) is 0 Å². The molecule has 366 valence electrons. The third-order valence-electron chi connectivity index (χ3n) is 11.9. The van der Waals surface area contributed by atoms with Gasteiger partial charge < -0.3 is 14.8 Å². The summed E-state index contributed by atoms with van der Waals surface area (Å²) in [5, 5.41) is 10.5. The number of hydroxylamine groups is 2. The molecule has 5 rings (SSSR count). The number of hydrogen-bond donors (Lipinski definition) is 5. The van der Waals surface area contributed by atoms with E-state index in [0.29, 0.717) is 64.8 Å². The van der Waals surface area contributed by atoms with Crippen LogP contribution in [-0.4, -0.2) is 121 Å². The third-order valence-corrected chi connectivity index (χ3v) is 15.2. The minimum atomic E-state index is -4.66. The van der Waals surface area contributed by atoms with Gasteiger partial charge in [0.15, 0.2) is 5.71 Å². The SMILES string of the molecule is CC1(CCCS(=O)(=O)O)C(/C=C/C=C/C=C/C=C2/N(CCO)c3ccc(S(=O)(=O)O)cc3C2(C)CCCS(=O)(=O)O)=[N+](CCCCCC(=O)ON2C(=O)CCC2=O)c2ccc(S(=O)(=O)O)cc21. The number of aliphatic hydroxyl groups is 1. The standard InChI is InChI=1S/C43H53N3O17S4/c1-42(22-11-27-64(51,52)53)33-29-31(66(57,58)59)16-18-35(33)44(24-10-6-9-15-41(50)63-46-39(48)20-21-40(46)49)37(42)13-7-4-3-5-8-14-38-43(2,23-12-28-65(54,55)56)34-30-32(67(60,61)62)17-19-36(34)45(38)25-26-47/h3-5,7-8,13-14,16-19,29-30,47H,6,9-12,15,20-28H2,1-2H3,(H3-,51,52,53,54,55,56,57,58,59,60,61,62)/p+1. The Balaban J connectivity index is 1.45. The minimum Gasteiger partial charge on any atom is -0.395 e. The number of allylic oxidation sites excluding steroid dienone is 8. The smallest absolute Gasteiger partial charge is 0.333 e. The first-order valence-electron chi connectivity index (χ1n) is 21.2. The summed E-state index contributed by atoms with van der Waals surface area (Å²) in [6.45, 7) is 3.62. The summed E-state index contributed by atoms with van der Waals surface area (Å²) in [6.07, 6.45) is 13.1. The number of carbonyl (C=O) groups excluding carboxylic acids is 3. The van der Waals surface area contributed by atoms with Crippen LogP contribution in [0.5, 0.6) is 0 Å². The van der Waals surface area contributed by atoms with Crippen molar-refractivity contribution in [2.24, 2.45) is 0 Å². The van der Waals surface area contributed by atoms with E-state index in [1.54, 1.807) is 61.3 Å². The Bertz CT molecular complexity index is 2870. The highest BCUT2D eigenvalue weighted by Crippen LogP contribution is 2.51. The van der Waals surface area contributed by atoms with Gasteiger partial charge in [0.1, 0.15) is 6.54 Å². The van der Waals surface area contributed by atoms with Gasteiger partial charge in [-0.2, -0.15) is 38.2 Å². The second-order valence-electron chi connectivity index (χ2n) is 16.7. The number of β-amino-alcohol motifs (C(OH)–C–C–N with tert-alkyl or cyclic N) is 1. The van der Waals surface area contributed by atoms with Crippen LogP contribution in [0.2, 0.25) is 0 Å². The maximum atomic E-state index is 12.4.